The lowest BCUT2D eigenvalue weighted by Gasteiger charge is -2.11. The van der Waals surface area contributed by atoms with Crippen LogP contribution in [0, 0.1) is 11.7 Å². The van der Waals surface area contributed by atoms with Crippen molar-refractivity contribution < 1.29 is 14.4 Å². The van der Waals surface area contributed by atoms with Crippen LogP contribution >= 0.6 is 0 Å². The van der Waals surface area contributed by atoms with Crippen molar-refractivity contribution in [2.45, 2.75) is 20.3 Å². The van der Waals surface area contributed by atoms with Crippen molar-refractivity contribution in [1.29, 1.82) is 0 Å². The maximum absolute atomic E-state index is 13.6. The Bertz CT molecular complexity index is 472. The van der Waals surface area contributed by atoms with Gasteiger partial charge in [-0.2, -0.15) is 0 Å². The fourth-order valence-electron chi connectivity index (χ4n) is 1.51. The summed E-state index contributed by atoms with van der Waals surface area (Å²) in [5, 5.41) is 13.9. The van der Waals surface area contributed by atoms with E-state index in [1.54, 1.807) is 0 Å². The normalized spacial score (nSPS) is 11.7. The highest BCUT2D eigenvalue weighted by atomic mass is 19.1. The fraction of sp³-hybridized carbons (Fsp3) is 0.333. The van der Waals surface area contributed by atoms with Crippen molar-refractivity contribution in [3.63, 3.8) is 0 Å². The maximum atomic E-state index is 13.6. The molecule has 0 aliphatic heterocycles. The molecule has 0 saturated heterocycles. The van der Waals surface area contributed by atoms with Crippen molar-refractivity contribution >= 4 is 17.4 Å². The number of nitrogens with two attached hydrogens (primary N) is 1. The minimum atomic E-state index is -0.660. The summed E-state index contributed by atoms with van der Waals surface area (Å²) in [5.41, 5.74) is 5.46. The number of amides is 1. The Morgan fingerprint density at radius 3 is 2.78 bits per heavy atom. The Kier molecular flexibility index (Phi) is 4.65. The van der Waals surface area contributed by atoms with Crippen molar-refractivity contribution in [2.75, 3.05) is 5.32 Å². The Balaban J connectivity index is 3.02. The van der Waals surface area contributed by atoms with Gasteiger partial charge >= 0.3 is 0 Å². The summed E-state index contributed by atoms with van der Waals surface area (Å²) >= 11 is 0. The molecule has 0 saturated carbocycles. The van der Waals surface area contributed by atoms with E-state index in [2.05, 4.69) is 10.5 Å². The van der Waals surface area contributed by atoms with Crippen LogP contribution in [0.4, 0.5) is 10.1 Å². The van der Waals surface area contributed by atoms with Crippen LogP contribution in [-0.4, -0.2) is 17.0 Å². The molecule has 0 heterocycles. The molecular weight excluding hydrogens is 237 g/mol. The van der Waals surface area contributed by atoms with E-state index in [0.717, 1.165) is 0 Å². The fourth-order valence-corrected chi connectivity index (χ4v) is 1.51. The number of rotatable bonds is 4. The van der Waals surface area contributed by atoms with Crippen molar-refractivity contribution in [1.82, 2.24) is 0 Å². The van der Waals surface area contributed by atoms with Gasteiger partial charge in [0.15, 0.2) is 5.84 Å². The topological polar surface area (TPSA) is 87.7 Å². The number of nitrogens with one attached hydrogen (secondary N) is 1. The zero-order valence-electron chi connectivity index (χ0n) is 10.3. The average molecular weight is 253 g/mol. The highest BCUT2D eigenvalue weighted by Crippen LogP contribution is 2.19. The minimum absolute atomic E-state index is 0.114. The molecule has 0 unspecified atom stereocenters. The van der Waals surface area contributed by atoms with Gasteiger partial charge in [-0.05, 0) is 18.1 Å². The number of carbonyl (C=O) groups is 1. The third-order valence-corrected chi connectivity index (χ3v) is 2.25. The van der Waals surface area contributed by atoms with Gasteiger partial charge in [-0.25, -0.2) is 4.39 Å². The number of oxime groups is 1. The number of benzene rings is 1. The van der Waals surface area contributed by atoms with E-state index >= 15 is 0 Å². The molecule has 0 radical (unpaired) electrons. The van der Waals surface area contributed by atoms with E-state index in [4.69, 9.17) is 10.9 Å². The molecule has 0 fully saturated rings. The summed E-state index contributed by atoms with van der Waals surface area (Å²) in [4.78, 5) is 11.6. The summed E-state index contributed by atoms with van der Waals surface area (Å²) in [6.45, 7) is 3.80. The highest BCUT2D eigenvalue weighted by Gasteiger charge is 2.15. The molecule has 1 rings (SSSR count). The van der Waals surface area contributed by atoms with Crippen LogP contribution < -0.4 is 11.1 Å². The first-order chi connectivity index (χ1) is 8.45. The number of hydrogen-bond donors (Lipinski definition) is 3. The van der Waals surface area contributed by atoms with E-state index in [1.807, 2.05) is 13.8 Å². The van der Waals surface area contributed by atoms with E-state index in [9.17, 15) is 9.18 Å². The molecule has 5 nitrogen and oxygen atoms in total. The zero-order valence-corrected chi connectivity index (χ0v) is 10.3. The van der Waals surface area contributed by atoms with Gasteiger partial charge in [-0.1, -0.05) is 25.1 Å². The lowest BCUT2D eigenvalue weighted by atomic mass is 10.1. The number of hydrogen-bond acceptors (Lipinski definition) is 3. The number of halogens is 1. The molecular formula is C12H16FN3O2. The molecule has 0 aliphatic rings. The molecule has 1 aromatic rings. The Labute approximate surface area is 104 Å². The minimum Gasteiger partial charge on any atom is -0.409 e. The van der Waals surface area contributed by atoms with Gasteiger partial charge in [0.1, 0.15) is 5.82 Å². The number of anilines is 1. The van der Waals surface area contributed by atoms with Crippen molar-refractivity contribution in [2.24, 2.45) is 16.8 Å². The number of nitrogens with zero attached hydrogens (tertiary/aromatic N) is 1. The first-order valence-electron chi connectivity index (χ1n) is 5.52. The van der Waals surface area contributed by atoms with Crippen LogP contribution in [0.1, 0.15) is 25.8 Å². The quantitative estimate of drug-likeness (QED) is 0.331. The van der Waals surface area contributed by atoms with Gasteiger partial charge in [-0.3, -0.25) is 4.79 Å². The molecule has 0 aliphatic carbocycles. The van der Waals surface area contributed by atoms with Crippen LogP contribution in [0.3, 0.4) is 0 Å². The molecule has 98 valence electrons. The Morgan fingerprint density at radius 2 is 2.22 bits per heavy atom. The van der Waals surface area contributed by atoms with E-state index in [1.165, 1.54) is 18.2 Å². The third kappa shape index (κ3) is 3.44. The predicted molar refractivity (Wildman–Crippen MR) is 67.0 cm³/mol. The van der Waals surface area contributed by atoms with Crippen LogP contribution in [0.25, 0.3) is 0 Å². The second kappa shape index (κ2) is 6.00. The number of carbonyl (C=O) groups excluding carboxylic acids is 1. The lowest BCUT2D eigenvalue weighted by molar-refractivity contribution is -0.116. The summed E-state index contributed by atoms with van der Waals surface area (Å²) in [7, 11) is 0. The first kappa shape index (κ1) is 14.0. The third-order valence-electron chi connectivity index (χ3n) is 2.25. The van der Waals surface area contributed by atoms with Gasteiger partial charge in [0.05, 0.1) is 11.3 Å². The van der Waals surface area contributed by atoms with Gasteiger partial charge in [0.2, 0.25) is 5.91 Å². The van der Waals surface area contributed by atoms with Crippen LogP contribution in [0.2, 0.25) is 0 Å². The van der Waals surface area contributed by atoms with Gasteiger partial charge in [0.25, 0.3) is 0 Å². The first-order valence-corrected chi connectivity index (χ1v) is 5.52. The Morgan fingerprint density at radius 1 is 1.56 bits per heavy atom. The van der Waals surface area contributed by atoms with Gasteiger partial charge < -0.3 is 16.3 Å². The molecule has 0 bridgehead atoms. The monoisotopic (exact) mass is 253 g/mol. The standard InChI is InChI=1S/C12H16FN3O2/c1-7(2)6-10(17)15-9-5-3-4-8(13)11(9)12(14)16-18/h3-5,7,18H,6H2,1-2H3,(H2,14,16)(H,15,17). The molecule has 0 spiro atoms. The maximum Gasteiger partial charge on any atom is 0.224 e. The molecule has 4 N–H and O–H groups in total. The summed E-state index contributed by atoms with van der Waals surface area (Å²) in [6, 6.07) is 4.11. The molecule has 18 heavy (non-hydrogen) atoms. The summed E-state index contributed by atoms with van der Waals surface area (Å²) in [6.07, 6.45) is 0.312. The zero-order chi connectivity index (χ0) is 13.7. The van der Waals surface area contributed by atoms with E-state index in [-0.39, 0.29) is 28.9 Å². The van der Waals surface area contributed by atoms with Gasteiger partial charge in [0, 0.05) is 6.42 Å². The largest absolute Gasteiger partial charge is 0.409 e. The molecule has 0 aromatic heterocycles. The smallest absolute Gasteiger partial charge is 0.224 e. The summed E-state index contributed by atoms with van der Waals surface area (Å²) in [5.74, 6) is -1.10. The molecule has 1 amide bonds. The Hall–Kier alpha value is -2.11. The van der Waals surface area contributed by atoms with Crippen LogP contribution in [0.15, 0.2) is 23.4 Å². The van der Waals surface area contributed by atoms with Crippen LogP contribution in [0.5, 0.6) is 0 Å². The summed E-state index contributed by atoms with van der Waals surface area (Å²) < 4.78 is 13.6. The second-order valence-electron chi connectivity index (χ2n) is 4.29. The molecule has 1 aromatic carbocycles. The van der Waals surface area contributed by atoms with Gasteiger partial charge in [-0.15, -0.1) is 0 Å². The predicted octanol–water partition coefficient (Wildman–Crippen LogP) is 1.90. The second-order valence-corrected chi connectivity index (χ2v) is 4.29. The SMILES string of the molecule is CC(C)CC(=O)Nc1cccc(F)c1C(N)=NO. The molecule has 0 atom stereocenters. The lowest BCUT2D eigenvalue weighted by Crippen LogP contribution is -2.21. The number of amidine groups is 1. The van der Waals surface area contributed by atoms with Crippen molar-refractivity contribution in [3.05, 3.63) is 29.6 Å². The van der Waals surface area contributed by atoms with Crippen molar-refractivity contribution in [3.8, 4) is 0 Å². The van der Waals surface area contributed by atoms with E-state index < -0.39 is 5.82 Å². The van der Waals surface area contributed by atoms with E-state index in [0.29, 0.717) is 6.42 Å². The highest BCUT2D eigenvalue weighted by molar-refractivity contribution is 6.05. The molecule has 6 heteroatoms. The average Bonchev–Trinajstić information content (AvgIpc) is 2.27. The van der Waals surface area contributed by atoms with Crippen LogP contribution in [-0.2, 0) is 4.79 Å².